The molecule has 0 aliphatic rings. The minimum absolute atomic E-state index is 0.290. The Hall–Kier alpha value is -3.15. The van der Waals surface area contributed by atoms with Gasteiger partial charge in [-0.1, -0.05) is 42.5 Å². The van der Waals surface area contributed by atoms with Crippen molar-refractivity contribution >= 4 is 18.2 Å². The summed E-state index contributed by atoms with van der Waals surface area (Å²) >= 11 is 0. The summed E-state index contributed by atoms with van der Waals surface area (Å²) in [7, 11) is 0. The van der Waals surface area contributed by atoms with Gasteiger partial charge in [-0.05, 0) is 17.7 Å². The fourth-order valence-corrected chi connectivity index (χ4v) is 1.88. The van der Waals surface area contributed by atoms with E-state index in [1.54, 1.807) is 24.3 Å². The highest BCUT2D eigenvalue weighted by atomic mass is 16.6. The summed E-state index contributed by atoms with van der Waals surface area (Å²) in [5.74, 6) is -0.802. The molecule has 6 nitrogen and oxygen atoms in total. The average molecular weight is 327 g/mol. The molecule has 2 aromatic carbocycles. The molecule has 6 heteroatoms. The lowest BCUT2D eigenvalue weighted by atomic mass is 10.2. The molecular formula is C18H17NO5. The molecule has 0 aliphatic heterocycles. The van der Waals surface area contributed by atoms with Gasteiger partial charge in [-0.2, -0.15) is 0 Å². The van der Waals surface area contributed by atoms with Gasteiger partial charge in [0.2, 0.25) is 0 Å². The van der Waals surface area contributed by atoms with E-state index in [2.05, 4.69) is 5.32 Å². The summed E-state index contributed by atoms with van der Waals surface area (Å²) in [6.45, 7) is -0.401. The molecule has 0 spiro atoms. The second-order valence-corrected chi connectivity index (χ2v) is 4.87. The number of carbonyl (C=O) groups excluding carboxylic acids is 3. The monoisotopic (exact) mass is 327 g/mol. The summed E-state index contributed by atoms with van der Waals surface area (Å²) in [4.78, 5) is 34.0. The van der Waals surface area contributed by atoms with Crippen LogP contribution in [0.1, 0.15) is 15.9 Å². The summed E-state index contributed by atoms with van der Waals surface area (Å²) < 4.78 is 10.0. The van der Waals surface area contributed by atoms with Gasteiger partial charge in [0.1, 0.15) is 5.75 Å². The third-order valence-electron chi connectivity index (χ3n) is 3.09. The van der Waals surface area contributed by atoms with Crippen molar-refractivity contribution in [3.8, 4) is 5.75 Å². The summed E-state index contributed by atoms with van der Waals surface area (Å²) in [5, 5.41) is 2.64. The van der Waals surface area contributed by atoms with Crippen LogP contribution in [0.2, 0.25) is 0 Å². The topological polar surface area (TPSA) is 81.7 Å². The average Bonchev–Trinajstić information content (AvgIpc) is 2.64. The van der Waals surface area contributed by atoms with Crippen molar-refractivity contribution in [1.29, 1.82) is 0 Å². The molecule has 24 heavy (non-hydrogen) atoms. The third-order valence-corrected chi connectivity index (χ3v) is 3.09. The number of benzene rings is 2. The van der Waals surface area contributed by atoms with Gasteiger partial charge in [0, 0.05) is 6.54 Å². The molecule has 2 rings (SSSR count). The fourth-order valence-electron chi connectivity index (χ4n) is 1.88. The van der Waals surface area contributed by atoms with Crippen LogP contribution in [0.5, 0.6) is 5.75 Å². The number of para-hydroxylation sites is 1. The van der Waals surface area contributed by atoms with E-state index in [1.165, 1.54) is 0 Å². The van der Waals surface area contributed by atoms with Gasteiger partial charge < -0.3 is 14.8 Å². The highest BCUT2D eigenvalue weighted by Gasteiger charge is 2.09. The molecule has 0 heterocycles. The first-order valence-corrected chi connectivity index (χ1v) is 7.32. The van der Waals surface area contributed by atoms with Gasteiger partial charge in [-0.3, -0.25) is 9.59 Å². The van der Waals surface area contributed by atoms with Gasteiger partial charge in [0.25, 0.3) is 5.91 Å². The van der Waals surface area contributed by atoms with Crippen molar-refractivity contribution in [1.82, 2.24) is 5.32 Å². The van der Waals surface area contributed by atoms with Crippen molar-refractivity contribution in [2.45, 2.75) is 6.54 Å². The number of aldehydes is 1. The van der Waals surface area contributed by atoms with Crippen molar-refractivity contribution in [3.63, 3.8) is 0 Å². The van der Waals surface area contributed by atoms with Crippen molar-refractivity contribution < 1.29 is 23.9 Å². The number of esters is 1. The van der Waals surface area contributed by atoms with Gasteiger partial charge in [0.05, 0.1) is 5.56 Å². The number of amides is 1. The third kappa shape index (κ3) is 5.57. The van der Waals surface area contributed by atoms with E-state index >= 15 is 0 Å². The Morgan fingerprint density at radius 1 is 0.958 bits per heavy atom. The Morgan fingerprint density at radius 3 is 2.42 bits per heavy atom. The zero-order valence-electron chi connectivity index (χ0n) is 12.9. The lowest BCUT2D eigenvalue weighted by Gasteiger charge is -2.09. The molecular weight excluding hydrogens is 310 g/mol. The number of nitrogens with one attached hydrogen (secondary N) is 1. The van der Waals surface area contributed by atoms with Gasteiger partial charge in [-0.25, -0.2) is 4.79 Å². The molecule has 0 aromatic heterocycles. The highest BCUT2D eigenvalue weighted by Crippen LogP contribution is 2.15. The highest BCUT2D eigenvalue weighted by molar-refractivity contribution is 5.81. The maximum absolute atomic E-state index is 11.6. The van der Waals surface area contributed by atoms with E-state index in [9.17, 15) is 14.4 Å². The molecule has 2 aromatic rings. The van der Waals surface area contributed by atoms with Crippen LogP contribution in [0, 0.1) is 0 Å². The molecule has 0 saturated carbocycles. The molecule has 0 saturated heterocycles. The maximum Gasteiger partial charge on any atom is 0.344 e. The van der Waals surface area contributed by atoms with Crippen LogP contribution in [0.3, 0.4) is 0 Å². The van der Waals surface area contributed by atoms with E-state index in [-0.39, 0.29) is 19.0 Å². The second-order valence-electron chi connectivity index (χ2n) is 4.87. The van der Waals surface area contributed by atoms with Crippen LogP contribution in [-0.4, -0.2) is 31.4 Å². The molecule has 1 amide bonds. The number of hydrogen-bond donors (Lipinski definition) is 1. The Morgan fingerprint density at radius 2 is 1.67 bits per heavy atom. The van der Waals surface area contributed by atoms with Crippen LogP contribution < -0.4 is 10.1 Å². The van der Waals surface area contributed by atoms with E-state index in [4.69, 9.17) is 9.47 Å². The van der Waals surface area contributed by atoms with Gasteiger partial charge >= 0.3 is 5.97 Å². The maximum atomic E-state index is 11.6. The zero-order valence-corrected chi connectivity index (χ0v) is 12.9. The van der Waals surface area contributed by atoms with E-state index in [0.29, 0.717) is 18.4 Å². The summed E-state index contributed by atoms with van der Waals surface area (Å²) in [6.07, 6.45) is 0.637. The molecule has 0 unspecified atom stereocenters. The predicted molar refractivity (Wildman–Crippen MR) is 86.6 cm³/mol. The smallest absolute Gasteiger partial charge is 0.344 e. The van der Waals surface area contributed by atoms with Crippen LogP contribution in [0.25, 0.3) is 0 Å². The quantitative estimate of drug-likeness (QED) is 0.590. The van der Waals surface area contributed by atoms with Gasteiger partial charge in [0.15, 0.2) is 19.5 Å². The van der Waals surface area contributed by atoms with Gasteiger partial charge in [-0.15, -0.1) is 0 Å². The van der Waals surface area contributed by atoms with Crippen molar-refractivity contribution in [3.05, 3.63) is 65.7 Å². The first kappa shape index (κ1) is 17.2. The molecule has 1 N–H and O–H groups in total. The normalized spacial score (nSPS) is 9.83. The summed E-state index contributed by atoms with van der Waals surface area (Å²) in [6, 6.07) is 15.9. The Bertz CT molecular complexity index is 700. The Balaban J connectivity index is 1.69. The minimum atomic E-state index is -0.689. The Labute approximate surface area is 139 Å². The second kappa shape index (κ2) is 9.09. The predicted octanol–water partition coefficient (Wildman–Crippen LogP) is 1.74. The number of ether oxygens (including phenoxy) is 2. The van der Waals surface area contributed by atoms with Crippen molar-refractivity contribution in [2.24, 2.45) is 0 Å². The van der Waals surface area contributed by atoms with Crippen molar-refractivity contribution in [2.75, 3.05) is 13.2 Å². The lowest BCUT2D eigenvalue weighted by molar-refractivity contribution is -0.150. The molecule has 0 atom stereocenters. The number of hydrogen-bond acceptors (Lipinski definition) is 5. The van der Waals surface area contributed by atoms with Crippen LogP contribution >= 0.6 is 0 Å². The molecule has 0 radical (unpaired) electrons. The standard InChI is InChI=1S/C18H17NO5/c20-11-15-8-4-5-9-16(15)23-13-18(22)24-12-17(21)19-10-14-6-2-1-3-7-14/h1-9,11H,10,12-13H2,(H,19,21). The molecule has 0 aliphatic carbocycles. The van der Waals surface area contributed by atoms with Crippen LogP contribution in [0.4, 0.5) is 0 Å². The zero-order chi connectivity index (χ0) is 17.2. The van der Waals surface area contributed by atoms with E-state index in [0.717, 1.165) is 5.56 Å². The van der Waals surface area contributed by atoms with E-state index < -0.39 is 11.9 Å². The van der Waals surface area contributed by atoms with E-state index in [1.807, 2.05) is 30.3 Å². The number of rotatable bonds is 8. The molecule has 124 valence electrons. The van der Waals surface area contributed by atoms with Crippen LogP contribution in [0.15, 0.2) is 54.6 Å². The first-order chi connectivity index (χ1) is 11.7. The molecule has 0 fully saturated rings. The molecule has 0 bridgehead atoms. The lowest BCUT2D eigenvalue weighted by Crippen LogP contribution is -2.29. The number of carbonyl (C=O) groups is 3. The summed E-state index contributed by atoms with van der Waals surface area (Å²) in [5.41, 5.74) is 1.29. The van der Waals surface area contributed by atoms with Crippen LogP contribution in [-0.2, 0) is 20.9 Å². The fraction of sp³-hybridized carbons (Fsp3) is 0.167. The Kier molecular flexibility index (Phi) is 6.52. The first-order valence-electron chi connectivity index (χ1n) is 7.32. The minimum Gasteiger partial charge on any atom is -0.481 e. The largest absolute Gasteiger partial charge is 0.481 e. The SMILES string of the molecule is O=Cc1ccccc1OCC(=O)OCC(=O)NCc1ccccc1.